The Morgan fingerprint density at radius 1 is 1.11 bits per heavy atom. The molecule has 188 valence electrons. The number of carbonyl (C=O) groups excluding carboxylic acids is 1. The van der Waals surface area contributed by atoms with E-state index in [2.05, 4.69) is 4.08 Å². The average molecular weight is 602 g/mol. The standard InChI is InChI=1S/C24H26O10Te/c1-11-18(9-29-23(32-11)19-3-2-4-35-19)33-24(21(25)26)34-20-13-7-17-16(30-10-31-17)6-12(13)5-14-15(20)8-28-22(14)27/h2-4,6-7,11,14-15,18,20-21,23-26H,5,8-10H2,1H3. The zero-order chi connectivity index (χ0) is 24.1. The number of benzene rings is 1. The van der Waals surface area contributed by atoms with Crippen molar-refractivity contribution in [3.8, 4) is 11.5 Å². The first-order valence-corrected chi connectivity index (χ1v) is 14.1. The number of aliphatic hydroxyl groups is 2. The van der Waals surface area contributed by atoms with Gasteiger partial charge in [0.25, 0.3) is 0 Å². The molecule has 2 aromatic rings. The van der Waals surface area contributed by atoms with Crippen LogP contribution in [-0.4, -0.2) is 81.4 Å². The molecule has 0 saturated carbocycles. The van der Waals surface area contributed by atoms with E-state index < -0.39 is 57.4 Å². The van der Waals surface area contributed by atoms with Gasteiger partial charge in [0.05, 0.1) is 0 Å². The Labute approximate surface area is 211 Å². The molecule has 1 aromatic carbocycles. The van der Waals surface area contributed by atoms with Gasteiger partial charge in [0.2, 0.25) is 6.79 Å². The second kappa shape index (κ2) is 9.65. The quantitative estimate of drug-likeness (QED) is 0.282. The minimum absolute atomic E-state index is 0.121. The third-order valence-electron chi connectivity index (χ3n) is 6.89. The second-order valence-electron chi connectivity index (χ2n) is 9.04. The van der Waals surface area contributed by atoms with Gasteiger partial charge in [-0.3, -0.25) is 4.79 Å². The molecule has 6 rings (SSSR count). The summed E-state index contributed by atoms with van der Waals surface area (Å²) >= 11 is -0.416. The fourth-order valence-corrected chi connectivity index (χ4v) is 7.06. The third-order valence-corrected chi connectivity index (χ3v) is 9.44. The van der Waals surface area contributed by atoms with Gasteiger partial charge in [-0.05, 0) is 0 Å². The number of ether oxygens (including phenoxy) is 7. The molecule has 35 heavy (non-hydrogen) atoms. The van der Waals surface area contributed by atoms with E-state index in [1.807, 2.05) is 31.2 Å². The first-order valence-electron chi connectivity index (χ1n) is 11.5. The first-order chi connectivity index (χ1) is 17.0. The topological polar surface area (TPSA) is 122 Å². The Hall–Kier alpha value is -1.68. The second-order valence-corrected chi connectivity index (χ2v) is 11.8. The summed E-state index contributed by atoms with van der Waals surface area (Å²) in [7, 11) is 0. The molecule has 1 aromatic heterocycles. The van der Waals surface area contributed by atoms with Crippen molar-refractivity contribution in [1.82, 2.24) is 0 Å². The fourth-order valence-electron chi connectivity index (χ4n) is 5.05. The van der Waals surface area contributed by atoms with Crippen molar-refractivity contribution in [2.45, 2.75) is 50.5 Å². The number of hydrogen-bond acceptors (Lipinski definition) is 10. The van der Waals surface area contributed by atoms with E-state index in [0.29, 0.717) is 17.9 Å². The van der Waals surface area contributed by atoms with Gasteiger partial charge in [-0.25, -0.2) is 0 Å². The van der Waals surface area contributed by atoms with E-state index in [9.17, 15) is 15.0 Å². The summed E-state index contributed by atoms with van der Waals surface area (Å²) in [5.41, 5.74) is 1.66. The number of carbonyl (C=O) groups is 1. The van der Waals surface area contributed by atoms with Crippen LogP contribution in [0.4, 0.5) is 0 Å². The van der Waals surface area contributed by atoms with Crippen LogP contribution in [0.3, 0.4) is 0 Å². The summed E-state index contributed by atoms with van der Waals surface area (Å²) in [5.74, 6) is 0.199. The van der Waals surface area contributed by atoms with Crippen molar-refractivity contribution in [3.63, 3.8) is 0 Å². The van der Waals surface area contributed by atoms with Crippen LogP contribution in [0.5, 0.6) is 11.5 Å². The summed E-state index contributed by atoms with van der Waals surface area (Å²) in [4.78, 5) is 12.4. The molecule has 4 aliphatic rings. The molecular weight excluding hydrogens is 576 g/mol. The van der Waals surface area contributed by atoms with Gasteiger partial charge < -0.3 is 9.47 Å². The van der Waals surface area contributed by atoms with E-state index >= 15 is 0 Å². The molecule has 3 aliphatic heterocycles. The molecule has 0 amide bonds. The zero-order valence-corrected chi connectivity index (χ0v) is 21.2. The van der Waals surface area contributed by atoms with E-state index in [4.69, 9.17) is 33.2 Å². The van der Waals surface area contributed by atoms with Gasteiger partial charge in [0, 0.05) is 0 Å². The van der Waals surface area contributed by atoms with Crippen LogP contribution in [0.25, 0.3) is 0 Å². The first kappa shape index (κ1) is 23.7. The van der Waals surface area contributed by atoms with Crippen LogP contribution in [0.15, 0.2) is 28.3 Å². The van der Waals surface area contributed by atoms with Crippen LogP contribution >= 0.6 is 0 Å². The number of fused-ring (bicyclic) bond motifs is 3. The molecule has 0 radical (unpaired) electrons. The van der Waals surface area contributed by atoms with Gasteiger partial charge in [-0.1, -0.05) is 0 Å². The van der Waals surface area contributed by atoms with Gasteiger partial charge in [0.15, 0.2) is 5.75 Å². The number of cyclic esters (lactones) is 1. The molecule has 7 atom stereocenters. The van der Waals surface area contributed by atoms with Crippen molar-refractivity contribution in [2.75, 3.05) is 20.0 Å². The van der Waals surface area contributed by atoms with Crippen LogP contribution < -0.4 is 9.47 Å². The van der Waals surface area contributed by atoms with E-state index in [1.165, 1.54) is 0 Å². The van der Waals surface area contributed by atoms with Crippen molar-refractivity contribution in [1.29, 1.82) is 0 Å². The van der Waals surface area contributed by atoms with E-state index in [0.717, 1.165) is 14.7 Å². The zero-order valence-electron chi connectivity index (χ0n) is 18.9. The van der Waals surface area contributed by atoms with E-state index in [1.54, 1.807) is 0 Å². The van der Waals surface area contributed by atoms with Gasteiger partial charge in [-0.15, -0.1) is 0 Å². The Balaban J connectivity index is 1.22. The number of hydrogen-bond donors (Lipinski definition) is 2. The van der Waals surface area contributed by atoms with Gasteiger partial charge in [-0.2, -0.15) is 0 Å². The summed E-state index contributed by atoms with van der Waals surface area (Å²) < 4.78 is 43.8. The van der Waals surface area contributed by atoms with Crippen molar-refractivity contribution in [2.24, 2.45) is 11.8 Å². The number of esters is 1. The number of aliphatic hydroxyl groups excluding tert-OH is 1. The monoisotopic (exact) mass is 604 g/mol. The molecule has 0 spiro atoms. The molecule has 10 nitrogen and oxygen atoms in total. The van der Waals surface area contributed by atoms with E-state index in [-0.39, 0.29) is 38.0 Å². The molecule has 0 bridgehead atoms. The Bertz CT molecular complexity index is 1070. The summed E-state index contributed by atoms with van der Waals surface area (Å²) in [6.07, 6.45) is -4.86. The van der Waals surface area contributed by atoms with Crippen LogP contribution in [0, 0.1) is 11.8 Å². The van der Waals surface area contributed by atoms with Crippen LogP contribution in [-0.2, 0) is 34.9 Å². The Morgan fingerprint density at radius 3 is 2.69 bits per heavy atom. The normalized spacial score (nSPS) is 32.3. The number of rotatable bonds is 6. The molecular formula is C24H26O10Te. The molecule has 4 heterocycles. The van der Waals surface area contributed by atoms with Crippen LogP contribution in [0.2, 0.25) is 0 Å². The molecule has 1 aliphatic carbocycles. The van der Waals surface area contributed by atoms with Crippen molar-refractivity contribution < 1.29 is 48.2 Å². The van der Waals surface area contributed by atoms with Crippen LogP contribution in [0.1, 0.15) is 34.0 Å². The molecule has 2 fully saturated rings. The summed E-state index contributed by atoms with van der Waals surface area (Å²) in [6, 6.07) is 7.72. The Morgan fingerprint density at radius 2 is 1.94 bits per heavy atom. The molecule has 11 heteroatoms. The Kier molecular flexibility index (Phi) is 6.53. The molecule has 2 saturated heterocycles. The predicted molar refractivity (Wildman–Crippen MR) is 118 cm³/mol. The van der Waals surface area contributed by atoms with Gasteiger partial charge >= 0.3 is 185 Å². The SMILES string of the molecule is CC1OC(c2ccc[te]2)OCC1OC(OC1c2cc3c(cc2CC2C(=O)OCC21)OCO3)C(O)O. The summed E-state index contributed by atoms with van der Waals surface area (Å²) in [5, 5.41) is 20.3. The van der Waals surface area contributed by atoms with Gasteiger partial charge in [0.1, 0.15) is 0 Å². The minimum atomic E-state index is -1.93. The summed E-state index contributed by atoms with van der Waals surface area (Å²) in [6.45, 7) is 2.38. The van der Waals surface area contributed by atoms with Crippen molar-refractivity contribution >= 4 is 26.4 Å². The fraction of sp³-hybridized carbons (Fsp3) is 0.542. The molecule has 2 N–H and O–H groups in total. The maximum atomic E-state index is 12.4. The molecule has 7 unspecified atom stereocenters. The predicted octanol–water partition coefficient (Wildman–Crippen LogP) is 1.03. The maximum absolute atomic E-state index is 12.4. The van der Waals surface area contributed by atoms with Crippen molar-refractivity contribution in [3.05, 3.63) is 43.1 Å². The average Bonchev–Trinajstić information content (AvgIpc) is 3.60. The third kappa shape index (κ3) is 4.49.